The van der Waals surface area contributed by atoms with Crippen LogP contribution >= 0.6 is 0 Å². The SMILES string of the molecule is CC(C)CNCc1ccc(COc2ncn(C)n2)cc1. The molecular formula is C15H22N4O. The molecule has 0 saturated heterocycles. The van der Waals surface area contributed by atoms with Crippen LogP contribution in [0.15, 0.2) is 30.6 Å². The van der Waals surface area contributed by atoms with E-state index in [2.05, 4.69) is 53.5 Å². The molecule has 5 nitrogen and oxygen atoms in total. The highest BCUT2D eigenvalue weighted by Gasteiger charge is 2.01. The summed E-state index contributed by atoms with van der Waals surface area (Å²) in [6, 6.07) is 8.82. The normalized spacial score (nSPS) is 11.0. The van der Waals surface area contributed by atoms with Crippen LogP contribution in [-0.2, 0) is 20.2 Å². The standard InChI is InChI=1S/C15H22N4O/c1-12(2)8-16-9-13-4-6-14(7-5-13)10-20-15-17-11-19(3)18-15/h4-7,11-12,16H,8-10H2,1-3H3. The average molecular weight is 274 g/mol. The van der Waals surface area contributed by atoms with Gasteiger partial charge >= 0.3 is 6.01 Å². The number of hydrogen-bond acceptors (Lipinski definition) is 4. The number of hydrogen-bond donors (Lipinski definition) is 1. The number of aryl methyl sites for hydroxylation is 1. The number of rotatable bonds is 7. The molecule has 0 spiro atoms. The summed E-state index contributed by atoms with van der Waals surface area (Å²) in [5.74, 6) is 0.675. The predicted molar refractivity (Wildman–Crippen MR) is 78.3 cm³/mol. The van der Waals surface area contributed by atoms with E-state index in [1.807, 2.05) is 7.05 Å². The molecule has 0 saturated carbocycles. The van der Waals surface area contributed by atoms with Gasteiger partial charge < -0.3 is 10.1 Å². The third kappa shape index (κ3) is 4.66. The van der Waals surface area contributed by atoms with Crippen LogP contribution in [0.3, 0.4) is 0 Å². The zero-order chi connectivity index (χ0) is 14.4. The fourth-order valence-corrected chi connectivity index (χ4v) is 1.79. The largest absolute Gasteiger partial charge is 0.458 e. The van der Waals surface area contributed by atoms with E-state index < -0.39 is 0 Å². The molecule has 0 aliphatic rings. The molecule has 1 heterocycles. The minimum absolute atomic E-state index is 0.412. The van der Waals surface area contributed by atoms with Crippen molar-refractivity contribution in [2.45, 2.75) is 27.0 Å². The van der Waals surface area contributed by atoms with Crippen molar-refractivity contribution in [1.29, 1.82) is 0 Å². The Labute approximate surface area is 120 Å². The molecule has 0 unspecified atom stereocenters. The van der Waals surface area contributed by atoms with Gasteiger partial charge in [-0.2, -0.15) is 4.98 Å². The quantitative estimate of drug-likeness (QED) is 0.840. The van der Waals surface area contributed by atoms with Crippen LogP contribution in [-0.4, -0.2) is 21.3 Å². The highest BCUT2D eigenvalue weighted by Crippen LogP contribution is 2.08. The molecule has 1 N–H and O–H groups in total. The molecule has 5 heteroatoms. The van der Waals surface area contributed by atoms with Crippen LogP contribution < -0.4 is 10.1 Å². The van der Waals surface area contributed by atoms with Crippen LogP contribution in [0.1, 0.15) is 25.0 Å². The number of ether oxygens (including phenoxy) is 1. The van der Waals surface area contributed by atoms with Crippen LogP contribution in [0.5, 0.6) is 6.01 Å². The lowest BCUT2D eigenvalue weighted by atomic mass is 10.1. The van der Waals surface area contributed by atoms with Crippen molar-refractivity contribution in [3.63, 3.8) is 0 Å². The van der Waals surface area contributed by atoms with E-state index in [4.69, 9.17) is 4.74 Å². The Balaban J connectivity index is 1.79. The average Bonchev–Trinajstić information content (AvgIpc) is 2.83. The van der Waals surface area contributed by atoms with E-state index in [-0.39, 0.29) is 0 Å². The number of nitrogens with one attached hydrogen (secondary N) is 1. The Kier molecular flexibility index (Phi) is 5.12. The summed E-state index contributed by atoms with van der Waals surface area (Å²) in [7, 11) is 1.82. The molecule has 1 aromatic heterocycles. The van der Waals surface area contributed by atoms with Crippen LogP contribution in [0.4, 0.5) is 0 Å². The molecule has 2 rings (SSSR count). The Morgan fingerprint density at radius 3 is 2.50 bits per heavy atom. The van der Waals surface area contributed by atoms with E-state index >= 15 is 0 Å². The molecule has 0 aliphatic carbocycles. The van der Waals surface area contributed by atoms with Gasteiger partial charge in [0.1, 0.15) is 12.9 Å². The van der Waals surface area contributed by atoms with E-state index in [9.17, 15) is 0 Å². The van der Waals surface area contributed by atoms with Crippen molar-refractivity contribution in [2.75, 3.05) is 6.54 Å². The summed E-state index contributed by atoms with van der Waals surface area (Å²) in [5, 5.41) is 7.50. The minimum atomic E-state index is 0.412. The van der Waals surface area contributed by atoms with Crippen molar-refractivity contribution < 1.29 is 4.74 Å². The van der Waals surface area contributed by atoms with Crippen molar-refractivity contribution >= 4 is 0 Å². The van der Waals surface area contributed by atoms with Crippen LogP contribution in [0, 0.1) is 5.92 Å². The molecule has 0 atom stereocenters. The number of benzene rings is 1. The maximum Gasteiger partial charge on any atom is 0.335 e. The Hall–Kier alpha value is -1.88. The lowest BCUT2D eigenvalue weighted by Gasteiger charge is -2.08. The second kappa shape index (κ2) is 7.05. The third-order valence-corrected chi connectivity index (χ3v) is 2.85. The highest BCUT2D eigenvalue weighted by atomic mass is 16.5. The first-order valence-electron chi connectivity index (χ1n) is 6.90. The van der Waals surface area contributed by atoms with E-state index in [1.165, 1.54) is 5.56 Å². The molecule has 0 bridgehead atoms. The molecule has 108 valence electrons. The second-order valence-corrected chi connectivity index (χ2v) is 5.33. The monoisotopic (exact) mass is 274 g/mol. The maximum absolute atomic E-state index is 5.51. The fraction of sp³-hybridized carbons (Fsp3) is 0.467. The minimum Gasteiger partial charge on any atom is -0.458 e. The molecule has 20 heavy (non-hydrogen) atoms. The van der Waals surface area contributed by atoms with Gasteiger partial charge in [-0.3, -0.25) is 4.68 Å². The van der Waals surface area contributed by atoms with E-state index in [1.54, 1.807) is 11.0 Å². The predicted octanol–water partition coefficient (Wildman–Crippen LogP) is 2.14. The van der Waals surface area contributed by atoms with Gasteiger partial charge in [-0.1, -0.05) is 38.1 Å². The fourth-order valence-electron chi connectivity index (χ4n) is 1.79. The zero-order valence-electron chi connectivity index (χ0n) is 12.3. The first-order chi connectivity index (χ1) is 9.63. The van der Waals surface area contributed by atoms with Gasteiger partial charge in [-0.15, -0.1) is 5.10 Å². The van der Waals surface area contributed by atoms with Gasteiger partial charge in [0.05, 0.1) is 0 Å². The molecule has 0 amide bonds. The number of nitrogens with zero attached hydrogens (tertiary/aromatic N) is 3. The maximum atomic E-state index is 5.51. The number of aromatic nitrogens is 3. The summed E-state index contributed by atoms with van der Waals surface area (Å²) in [6.45, 7) is 6.85. The molecular weight excluding hydrogens is 252 g/mol. The summed E-state index contributed by atoms with van der Waals surface area (Å²) in [6.07, 6.45) is 1.62. The van der Waals surface area contributed by atoms with Crippen molar-refractivity contribution in [2.24, 2.45) is 13.0 Å². The molecule has 0 fully saturated rings. The Morgan fingerprint density at radius 2 is 1.90 bits per heavy atom. The zero-order valence-corrected chi connectivity index (χ0v) is 12.3. The van der Waals surface area contributed by atoms with E-state index in [0.29, 0.717) is 18.5 Å². The van der Waals surface area contributed by atoms with Crippen molar-refractivity contribution in [3.05, 3.63) is 41.7 Å². The van der Waals surface area contributed by atoms with Crippen LogP contribution in [0.2, 0.25) is 0 Å². The molecule has 2 aromatic rings. The third-order valence-electron chi connectivity index (χ3n) is 2.85. The van der Waals surface area contributed by atoms with Crippen molar-refractivity contribution in [3.8, 4) is 6.01 Å². The Morgan fingerprint density at radius 1 is 1.20 bits per heavy atom. The molecule has 0 aliphatic heterocycles. The lowest BCUT2D eigenvalue weighted by Crippen LogP contribution is -2.18. The first kappa shape index (κ1) is 14.5. The van der Waals surface area contributed by atoms with Crippen molar-refractivity contribution in [1.82, 2.24) is 20.1 Å². The summed E-state index contributed by atoms with van der Waals surface area (Å²) in [4.78, 5) is 4.03. The van der Waals surface area contributed by atoms with E-state index in [0.717, 1.165) is 18.7 Å². The molecule has 0 radical (unpaired) electrons. The summed E-state index contributed by atoms with van der Waals surface area (Å²) >= 11 is 0. The van der Waals surface area contributed by atoms with Crippen LogP contribution in [0.25, 0.3) is 0 Å². The van der Waals surface area contributed by atoms with Gasteiger partial charge in [0, 0.05) is 13.6 Å². The topological polar surface area (TPSA) is 52.0 Å². The van der Waals surface area contributed by atoms with Gasteiger partial charge in [0.25, 0.3) is 0 Å². The Bertz CT molecular complexity index is 519. The second-order valence-electron chi connectivity index (χ2n) is 5.33. The van der Waals surface area contributed by atoms with Gasteiger partial charge in [-0.25, -0.2) is 0 Å². The van der Waals surface area contributed by atoms with Gasteiger partial charge in [-0.05, 0) is 23.6 Å². The molecule has 1 aromatic carbocycles. The smallest absolute Gasteiger partial charge is 0.335 e. The summed E-state index contributed by atoms with van der Waals surface area (Å²) in [5.41, 5.74) is 2.40. The van der Waals surface area contributed by atoms with Gasteiger partial charge in [0.2, 0.25) is 0 Å². The lowest BCUT2D eigenvalue weighted by molar-refractivity contribution is 0.280. The highest BCUT2D eigenvalue weighted by molar-refractivity contribution is 5.22. The first-order valence-corrected chi connectivity index (χ1v) is 6.90. The summed E-state index contributed by atoms with van der Waals surface area (Å²) < 4.78 is 7.13. The van der Waals surface area contributed by atoms with Gasteiger partial charge in [0.15, 0.2) is 0 Å².